The molecule has 0 amide bonds. The Morgan fingerprint density at radius 1 is 1.50 bits per heavy atom. The number of hydrogen-bond donors (Lipinski definition) is 1. The normalized spacial score (nSPS) is 18.9. The van der Waals surface area contributed by atoms with Crippen LogP contribution in [0.1, 0.15) is 17.8 Å². The molecule has 1 N–H and O–H groups in total. The lowest BCUT2D eigenvalue weighted by Gasteiger charge is -2.38. The molecule has 0 atom stereocenters. The quantitative estimate of drug-likeness (QED) is 0.838. The third kappa shape index (κ3) is 1.60. The SMILES string of the molecule is Cc1nnc2sc(COC3(C)CNC3)nn12. The van der Waals surface area contributed by atoms with Crippen molar-refractivity contribution < 1.29 is 4.74 Å². The van der Waals surface area contributed by atoms with Gasteiger partial charge in [-0.05, 0) is 13.8 Å². The van der Waals surface area contributed by atoms with E-state index in [0.717, 1.165) is 28.9 Å². The van der Waals surface area contributed by atoms with Crippen LogP contribution in [-0.2, 0) is 11.3 Å². The van der Waals surface area contributed by atoms with Gasteiger partial charge in [0.05, 0.1) is 5.60 Å². The van der Waals surface area contributed by atoms with Crippen molar-refractivity contribution in [3.8, 4) is 0 Å². The predicted molar refractivity (Wildman–Crippen MR) is 59.5 cm³/mol. The summed E-state index contributed by atoms with van der Waals surface area (Å²) in [5.74, 6) is 0.814. The molecule has 2 aromatic heterocycles. The van der Waals surface area contributed by atoms with Gasteiger partial charge in [-0.25, -0.2) is 0 Å². The second-order valence-corrected chi connectivity index (χ2v) is 5.32. The van der Waals surface area contributed by atoms with Gasteiger partial charge in [0.2, 0.25) is 4.96 Å². The monoisotopic (exact) mass is 239 g/mol. The van der Waals surface area contributed by atoms with Crippen LogP contribution in [0.4, 0.5) is 0 Å². The van der Waals surface area contributed by atoms with E-state index in [1.54, 1.807) is 4.52 Å². The lowest BCUT2D eigenvalue weighted by Crippen LogP contribution is -2.58. The minimum atomic E-state index is -0.0267. The summed E-state index contributed by atoms with van der Waals surface area (Å²) in [6.45, 7) is 6.37. The van der Waals surface area contributed by atoms with Gasteiger partial charge in [0, 0.05) is 13.1 Å². The molecular formula is C9H13N5OS. The van der Waals surface area contributed by atoms with E-state index in [1.165, 1.54) is 11.3 Å². The van der Waals surface area contributed by atoms with Crippen molar-refractivity contribution in [2.45, 2.75) is 26.1 Å². The second-order valence-electron chi connectivity index (χ2n) is 4.28. The molecule has 0 radical (unpaired) electrons. The largest absolute Gasteiger partial charge is 0.365 e. The third-order valence-electron chi connectivity index (χ3n) is 2.73. The lowest BCUT2D eigenvalue weighted by atomic mass is 10.0. The number of fused-ring (bicyclic) bond motifs is 1. The number of aryl methyl sites for hydroxylation is 1. The lowest BCUT2D eigenvalue weighted by molar-refractivity contribution is -0.0769. The van der Waals surface area contributed by atoms with Crippen LogP contribution in [0, 0.1) is 6.92 Å². The molecule has 6 nitrogen and oxygen atoms in total. The second kappa shape index (κ2) is 3.47. The Labute approximate surface area is 96.6 Å². The first-order chi connectivity index (χ1) is 7.66. The van der Waals surface area contributed by atoms with Crippen molar-refractivity contribution in [1.29, 1.82) is 0 Å². The van der Waals surface area contributed by atoms with Gasteiger partial charge in [0.15, 0.2) is 5.82 Å². The van der Waals surface area contributed by atoms with Crippen LogP contribution >= 0.6 is 11.3 Å². The third-order valence-corrected chi connectivity index (χ3v) is 3.60. The summed E-state index contributed by atoms with van der Waals surface area (Å²) in [7, 11) is 0. The Morgan fingerprint density at radius 3 is 2.94 bits per heavy atom. The van der Waals surface area contributed by atoms with Crippen molar-refractivity contribution in [3.63, 3.8) is 0 Å². The highest BCUT2D eigenvalue weighted by Gasteiger charge is 2.32. The number of nitrogens with zero attached hydrogens (tertiary/aromatic N) is 4. The molecule has 0 aliphatic carbocycles. The zero-order valence-electron chi connectivity index (χ0n) is 9.23. The molecular weight excluding hydrogens is 226 g/mol. The summed E-state index contributed by atoms with van der Waals surface area (Å²) in [6, 6.07) is 0. The van der Waals surface area contributed by atoms with Crippen LogP contribution in [0.25, 0.3) is 4.96 Å². The smallest absolute Gasteiger partial charge is 0.234 e. The standard InChI is InChI=1S/C9H13N5OS/c1-6-11-12-8-14(6)13-7(16-8)3-15-9(2)4-10-5-9/h10H,3-5H2,1-2H3. The molecule has 0 saturated carbocycles. The maximum atomic E-state index is 5.81. The van der Waals surface area contributed by atoms with Crippen LogP contribution in [0.5, 0.6) is 0 Å². The van der Waals surface area contributed by atoms with E-state index in [0.29, 0.717) is 6.61 Å². The number of ether oxygens (including phenoxy) is 1. The van der Waals surface area contributed by atoms with Crippen molar-refractivity contribution >= 4 is 16.3 Å². The molecule has 0 bridgehead atoms. The Morgan fingerprint density at radius 2 is 2.31 bits per heavy atom. The molecule has 0 aromatic carbocycles. The summed E-state index contributed by atoms with van der Waals surface area (Å²) in [4.78, 5) is 0.827. The molecule has 2 aromatic rings. The fourth-order valence-electron chi connectivity index (χ4n) is 1.63. The molecule has 1 aliphatic heterocycles. The van der Waals surface area contributed by atoms with E-state index in [1.807, 2.05) is 6.92 Å². The van der Waals surface area contributed by atoms with Crippen molar-refractivity contribution in [3.05, 3.63) is 10.8 Å². The average Bonchev–Trinajstić information content (AvgIpc) is 2.75. The van der Waals surface area contributed by atoms with Gasteiger partial charge in [-0.15, -0.1) is 10.2 Å². The van der Waals surface area contributed by atoms with Gasteiger partial charge >= 0.3 is 0 Å². The van der Waals surface area contributed by atoms with Crippen LogP contribution in [0.15, 0.2) is 0 Å². The molecule has 16 heavy (non-hydrogen) atoms. The highest BCUT2D eigenvalue weighted by Crippen LogP contribution is 2.20. The van der Waals surface area contributed by atoms with E-state index in [2.05, 4.69) is 27.5 Å². The molecule has 0 unspecified atom stereocenters. The van der Waals surface area contributed by atoms with Crippen LogP contribution < -0.4 is 5.32 Å². The van der Waals surface area contributed by atoms with Gasteiger partial charge < -0.3 is 10.1 Å². The Bertz CT molecular complexity index is 515. The Balaban J connectivity index is 1.74. The van der Waals surface area contributed by atoms with E-state index in [4.69, 9.17) is 4.74 Å². The van der Waals surface area contributed by atoms with E-state index in [9.17, 15) is 0 Å². The zero-order chi connectivity index (χ0) is 11.2. The highest BCUT2D eigenvalue weighted by molar-refractivity contribution is 7.16. The Hall–Kier alpha value is -1.05. The number of hydrogen-bond acceptors (Lipinski definition) is 6. The predicted octanol–water partition coefficient (Wildman–Crippen LogP) is 0.373. The maximum absolute atomic E-state index is 5.81. The molecule has 0 spiro atoms. The fraction of sp³-hybridized carbons (Fsp3) is 0.667. The maximum Gasteiger partial charge on any atom is 0.234 e. The van der Waals surface area contributed by atoms with Gasteiger partial charge in [0.1, 0.15) is 11.6 Å². The summed E-state index contributed by atoms with van der Waals surface area (Å²) in [6.07, 6.45) is 0. The van der Waals surface area contributed by atoms with Gasteiger partial charge in [-0.2, -0.15) is 9.61 Å². The first kappa shape index (κ1) is 10.1. The van der Waals surface area contributed by atoms with E-state index in [-0.39, 0.29) is 5.60 Å². The fourth-order valence-corrected chi connectivity index (χ4v) is 2.42. The first-order valence-electron chi connectivity index (χ1n) is 5.19. The molecule has 1 fully saturated rings. The minimum absolute atomic E-state index is 0.0267. The van der Waals surface area contributed by atoms with Crippen LogP contribution in [-0.4, -0.2) is 38.5 Å². The van der Waals surface area contributed by atoms with Gasteiger partial charge in [-0.3, -0.25) is 0 Å². The van der Waals surface area contributed by atoms with Crippen molar-refractivity contribution in [1.82, 2.24) is 25.1 Å². The topological polar surface area (TPSA) is 64.3 Å². The summed E-state index contributed by atoms with van der Waals surface area (Å²) in [5.41, 5.74) is -0.0267. The molecule has 86 valence electrons. The average molecular weight is 239 g/mol. The number of aromatic nitrogens is 4. The summed E-state index contributed by atoms with van der Waals surface area (Å²) in [5, 5.41) is 16.5. The van der Waals surface area contributed by atoms with E-state index < -0.39 is 0 Å². The Kier molecular flexibility index (Phi) is 2.20. The van der Waals surface area contributed by atoms with Crippen molar-refractivity contribution in [2.24, 2.45) is 0 Å². The molecule has 3 heterocycles. The molecule has 1 saturated heterocycles. The van der Waals surface area contributed by atoms with Crippen molar-refractivity contribution in [2.75, 3.05) is 13.1 Å². The number of rotatable bonds is 3. The van der Waals surface area contributed by atoms with Crippen LogP contribution in [0.2, 0.25) is 0 Å². The van der Waals surface area contributed by atoms with Crippen LogP contribution in [0.3, 0.4) is 0 Å². The summed E-state index contributed by atoms with van der Waals surface area (Å²) < 4.78 is 7.57. The summed E-state index contributed by atoms with van der Waals surface area (Å²) >= 11 is 1.53. The molecule has 3 rings (SSSR count). The van der Waals surface area contributed by atoms with E-state index >= 15 is 0 Å². The zero-order valence-corrected chi connectivity index (χ0v) is 10.0. The number of nitrogens with one attached hydrogen (secondary N) is 1. The van der Waals surface area contributed by atoms with Gasteiger partial charge in [0.25, 0.3) is 0 Å². The molecule has 1 aliphatic rings. The minimum Gasteiger partial charge on any atom is -0.365 e. The molecule has 7 heteroatoms. The first-order valence-corrected chi connectivity index (χ1v) is 6.00. The highest BCUT2D eigenvalue weighted by atomic mass is 32.1. The van der Waals surface area contributed by atoms with Gasteiger partial charge in [-0.1, -0.05) is 11.3 Å².